The molecule has 2 aromatic heterocycles. The van der Waals surface area contributed by atoms with Crippen LogP contribution in [-0.2, 0) is 11.2 Å². The lowest BCUT2D eigenvalue weighted by Crippen LogP contribution is -2.45. The first kappa shape index (κ1) is 20.8. The Balaban J connectivity index is 1.28. The zero-order valence-electron chi connectivity index (χ0n) is 17.5. The predicted molar refractivity (Wildman–Crippen MR) is 118 cm³/mol. The van der Waals surface area contributed by atoms with E-state index in [1.807, 2.05) is 30.3 Å². The first-order valence-corrected chi connectivity index (χ1v) is 10.8. The molecule has 0 spiro atoms. The molecular weight excluding hydrogens is 390 g/mol. The molecule has 0 bridgehead atoms. The largest absolute Gasteiger partial charge is 0.356 e. The number of carbonyl (C=O) groups excluding carboxylic acids is 2. The molecule has 1 aliphatic rings. The summed E-state index contributed by atoms with van der Waals surface area (Å²) in [6.45, 7) is 1.73. The van der Waals surface area contributed by atoms with Crippen molar-refractivity contribution in [2.45, 2.75) is 25.7 Å². The lowest BCUT2D eigenvalue weighted by atomic mass is 9.96. The number of benzene rings is 1. The summed E-state index contributed by atoms with van der Waals surface area (Å²) in [5, 5.41) is 10.1. The molecule has 0 unspecified atom stereocenters. The van der Waals surface area contributed by atoms with Gasteiger partial charge in [-0.05, 0) is 49.4 Å². The van der Waals surface area contributed by atoms with E-state index in [4.69, 9.17) is 0 Å². The van der Waals surface area contributed by atoms with Gasteiger partial charge in [0.15, 0.2) is 0 Å². The van der Waals surface area contributed by atoms with Crippen molar-refractivity contribution in [3.63, 3.8) is 0 Å². The Morgan fingerprint density at radius 2 is 2.03 bits per heavy atom. The molecule has 3 heterocycles. The van der Waals surface area contributed by atoms with Crippen molar-refractivity contribution in [3.05, 3.63) is 72.2 Å². The molecule has 0 radical (unpaired) electrons. The molecule has 3 aromatic rings. The van der Waals surface area contributed by atoms with E-state index in [1.54, 1.807) is 23.4 Å². The highest BCUT2D eigenvalue weighted by molar-refractivity contribution is 5.94. The van der Waals surface area contributed by atoms with Gasteiger partial charge >= 0.3 is 0 Å². The number of H-pyrrole nitrogens is 1. The minimum Gasteiger partial charge on any atom is -0.356 e. The molecule has 0 aliphatic carbocycles. The Kier molecular flexibility index (Phi) is 6.72. The number of amides is 2. The van der Waals surface area contributed by atoms with Gasteiger partial charge in [0.2, 0.25) is 5.91 Å². The van der Waals surface area contributed by atoms with Crippen LogP contribution in [0.3, 0.4) is 0 Å². The normalized spacial score (nSPS) is 16.1. The SMILES string of the molecule is O=C(NCCCc1ccccc1)[C@@H]1CCCN(C(=O)c2cc(-c3cccnc3)n[nH]2)C1. The van der Waals surface area contributed by atoms with Crippen molar-refractivity contribution in [2.24, 2.45) is 5.92 Å². The van der Waals surface area contributed by atoms with Crippen LogP contribution < -0.4 is 5.32 Å². The summed E-state index contributed by atoms with van der Waals surface area (Å²) >= 11 is 0. The van der Waals surface area contributed by atoms with E-state index in [0.29, 0.717) is 31.0 Å². The summed E-state index contributed by atoms with van der Waals surface area (Å²) in [6, 6.07) is 15.7. The van der Waals surface area contributed by atoms with Gasteiger partial charge in [0.25, 0.3) is 5.91 Å². The molecule has 1 fully saturated rings. The van der Waals surface area contributed by atoms with E-state index in [9.17, 15) is 9.59 Å². The lowest BCUT2D eigenvalue weighted by Gasteiger charge is -2.31. The maximum Gasteiger partial charge on any atom is 0.271 e. The van der Waals surface area contributed by atoms with E-state index in [0.717, 1.165) is 31.2 Å². The average Bonchev–Trinajstić information content (AvgIpc) is 3.33. The van der Waals surface area contributed by atoms with Gasteiger partial charge in [-0.3, -0.25) is 19.7 Å². The summed E-state index contributed by atoms with van der Waals surface area (Å²) in [7, 11) is 0. The Morgan fingerprint density at radius 3 is 2.84 bits per heavy atom. The molecule has 1 aliphatic heterocycles. The number of piperidine rings is 1. The van der Waals surface area contributed by atoms with Crippen LogP contribution in [0.4, 0.5) is 0 Å². The number of hydrogen-bond donors (Lipinski definition) is 2. The van der Waals surface area contributed by atoms with Gasteiger partial charge in [-0.1, -0.05) is 30.3 Å². The standard InChI is InChI=1S/C24H27N5O2/c30-23(26-13-4-9-18-7-2-1-3-8-18)20-11-6-14-29(17-20)24(31)22-15-21(27-28-22)19-10-5-12-25-16-19/h1-3,5,7-8,10,12,15-16,20H,4,6,9,11,13-14,17H2,(H,26,30)(H,27,28)/t20-/m1/s1. The molecule has 2 amide bonds. The number of pyridine rings is 1. The lowest BCUT2D eigenvalue weighted by molar-refractivity contribution is -0.126. The fourth-order valence-electron chi connectivity index (χ4n) is 3.93. The molecular formula is C24H27N5O2. The highest BCUT2D eigenvalue weighted by Crippen LogP contribution is 2.21. The number of rotatable bonds is 7. The smallest absolute Gasteiger partial charge is 0.271 e. The zero-order chi connectivity index (χ0) is 21.5. The van der Waals surface area contributed by atoms with Crippen LogP contribution in [0.1, 0.15) is 35.3 Å². The minimum absolute atomic E-state index is 0.0335. The van der Waals surface area contributed by atoms with Crippen LogP contribution in [0.5, 0.6) is 0 Å². The number of hydrogen-bond acceptors (Lipinski definition) is 4. The van der Waals surface area contributed by atoms with Gasteiger partial charge < -0.3 is 10.2 Å². The van der Waals surface area contributed by atoms with Gasteiger partial charge in [0, 0.05) is 37.6 Å². The van der Waals surface area contributed by atoms with Crippen molar-refractivity contribution in [2.75, 3.05) is 19.6 Å². The van der Waals surface area contributed by atoms with E-state index >= 15 is 0 Å². The molecule has 31 heavy (non-hydrogen) atoms. The Bertz CT molecular complexity index is 1000. The first-order valence-electron chi connectivity index (χ1n) is 10.8. The summed E-state index contributed by atoms with van der Waals surface area (Å²) < 4.78 is 0. The fourth-order valence-corrected chi connectivity index (χ4v) is 3.93. The molecule has 0 saturated carbocycles. The van der Waals surface area contributed by atoms with Crippen LogP contribution in [0.25, 0.3) is 11.3 Å². The van der Waals surface area contributed by atoms with Crippen LogP contribution in [-0.4, -0.2) is 51.5 Å². The summed E-state index contributed by atoms with van der Waals surface area (Å²) in [5.74, 6) is -0.259. The number of nitrogens with zero attached hydrogens (tertiary/aromatic N) is 3. The number of likely N-dealkylation sites (tertiary alicyclic amines) is 1. The first-order chi connectivity index (χ1) is 15.2. The van der Waals surface area contributed by atoms with Crippen LogP contribution >= 0.6 is 0 Å². The van der Waals surface area contributed by atoms with Crippen molar-refractivity contribution >= 4 is 11.8 Å². The third kappa shape index (κ3) is 5.36. The monoisotopic (exact) mass is 417 g/mol. The number of aromatic nitrogens is 3. The van der Waals surface area contributed by atoms with Crippen molar-refractivity contribution in [1.82, 2.24) is 25.4 Å². The van der Waals surface area contributed by atoms with Gasteiger partial charge in [0.1, 0.15) is 5.69 Å². The second kappa shape index (κ2) is 10.0. The van der Waals surface area contributed by atoms with Crippen LogP contribution in [0.2, 0.25) is 0 Å². The van der Waals surface area contributed by atoms with E-state index in [1.165, 1.54) is 5.56 Å². The summed E-state index contributed by atoms with van der Waals surface area (Å²) in [4.78, 5) is 31.4. The highest BCUT2D eigenvalue weighted by atomic mass is 16.2. The van der Waals surface area contributed by atoms with Crippen molar-refractivity contribution in [1.29, 1.82) is 0 Å². The molecule has 1 saturated heterocycles. The molecule has 1 aromatic carbocycles. The van der Waals surface area contributed by atoms with E-state index in [2.05, 4.69) is 32.6 Å². The molecule has 4 rings (SSSR count). The van der Waals surface area contributed by atoms with Crippen LogP contribution in [0.15, 0.2) is 60.9 Å². The van der Waals surface area contributed by atoms with E-state index in [-0.39, 0.29) is 17.7 Å². The molecule has 7 heteroatoms. The molecule has 7 nitrogen and oxygen atoms in total. The second-order valence-corrected chi connectivity index (χ2v) is 7.88. The van der Waals surface area contributed by atoms with Crippen molar-refractivity contribution in [3.8, 4) is 11.3 Å². The van der Waals surface area contributed by atoms with Crippen LogP contribution in [0, 0.1) is 5.92 Å². The van der Waals surface area contributed by atoms with E-state index < -0.39 is 0 Å². The Morgan fingerprint density at radius 1 is 1.16 bits per heavy atom. The number of aromatic amines is 1. The third-order valence-corrected chi connectivity index (χ3v) is 5.63. The maximum absolute atomic E-state index is 12.9. The minimum atomic E-state index is -0.171. The molecule has 160 valence electrons. The summed E-state index contributed by atoms with van der Waals surface area (Å²) in [5.41, 5.74) is 3.24. The third-order valence-electron chi connectivity index (χ3n) is 5.63. The van der Waals surface area contributed by atoms with Gasteiger partial charge in [-0.2, -0.15) is 5.10 Å². The Hall–Kier alpha value is -3.48. The quantitative estimate of drug-likeness (QED) is 0.578. The van der Waals surface area contributed by atoms with Gasteiger partial charge in [0.05, 0.1) is 11.6 Å². The topological polar surface area (TPSA) is 91.0 Å². The van der Waals surface area contributed by atoms with Gasteiger partial charge in [-0.15, -0.1) is 0 Å². The molecule has 1 atom stereocenters. The number of aryl methyl sites for hydroxylation is 1. The Labute approximate surface area is 181 Å². The summed E-state index contributed by atoms with van der Waals surface area (Å²) in [6.07, 6.45) is 6.87. The molecule has 2 N–H and O–H groups in total. The highest BCUT2D eigenvalue weighted by Gasteiger charge is 2.29. The van der Waals surface area contributed by atoms with Gasteiger partial charge in [-0.25, -0.2) is 0 Å². The average molecular weight is 418 g/mol. The zero-order valence-corrected chi connectivity index (χ0v) is 17.5. The predicted octanol–water partition coefficient (Wildman–Crippen LogP) is 3.07. The maximum atomic E-state index is 12.9. The fraction of sp³-hybridized carbons (Fsp3) is 0.333. The number of carbonyl (C=O) groups is 2. The second-order valence-electron chi connectivity index (χ2n) is 7.88. The van der Waals surface area contributed by atoms with Crippen molar-refractivity contribution < 1.29 is 9.59 Å². The number of nitrogens with one attached hydrogen (secondary N) is 2.